The van der Waals surface area contributed by atoms with E-state index < -0.39 is 34.3 Å². The van der Waals surface area contributed by atoms with Gasteiger partial charge in [-0.2, -0.15) is 13.2 Å². The molecule has 1 aromatic heterocycles. The lowest BCUT2D eigenvalue weighted by Gasteiger charge is -2.22. The number of carbonyl (C=O) groups excluding carboxylic acids is 1. The molecule has 6 nitrogen and oxygen atoms in total. The minimum absolute atomic E-state index is 0.0248. The molecule has 1 aliphatic rings. The summed E-state index contributed by atoms with van der Waals surface area (Å²) < 4.78 is 68.0. The first-order valence-electron chi connectivity index (χ1n) is 10.1. The maximum atomic E-state index is 15.3. The van der Waals surface area contributed by atoms with Crippen molar-refractivity contribution in [3.63, 3.8) is 0 Å². The van der Waals surface area contributed by atoms with Crippen LogP contribution in [-0.2, 0) is 15.7 Å². The quantitative estimate of drug-likeness (QED) is 0.310. The second-order valence-electron chi connectivity index (χ2n) is 7.30. The molecule has 0 spiro atoms. The zero-order valence-electron chi connectivity index (χ0n) is 17.9. The number of aromatic nitrogens is 3. The van der Waals surface area contributed by atoms with Gasteiger partial charge in [0.1, 0.15) is 0 Å². The summed E-state index contributed by atoms with van der Waals surface area (Å²) in [6.07, 6.45) is -5.12. The molecule has 2 atom stereocenters. The lowest BCUT2D eigenvalue weighted by Crippen LogP contribution is -2.17. The van der Waals surface area contributed by atoms with E-state index in [-0.39, 0.29) is 40.9 Å². The third kappa shape index (κ3) is 4.46. The van der Waals surface area contributed by atoms with Crippen LogP contribution in [0.1, 0.15) is 46.6 Å². The third-order valence-electron chi connectivity index (χ3n) is 5.20. The van der Waals surface area contributed by atoms with Crippen molar-refractivity contribution in [1.82, 2.24) is 14.8 Å². The Morgan fingerprint density at radius 1 is 1.21 bits per heavy atom. The Morgan fingerprint density at radius 2 is 1.97 bits per heavy atom. The van der Waals surface area contributed by atoms with Crippen LogP contribution in [-0.4, -0.2) is 34.5 Å². The number of rotatable bonds is 5. The van der Waals surface area contributed by atoms with Gasteiger partial charge < -0.3 is 9.47 Å². The average molecular weight is 516 g/mol. The van der Waals surface area contributed by atoms with E-state index >= 15 is 4.39 Å². The van der Waals surface area contributed by atoms with Crippen LogP contribution in [0.4, 0.5) is 17.6 Å². The summed E-state index contributed by atoms with van der Waals surface area (Å²) in [7, 11) is 1.31. The van der Waals surface area contributed by atoms with Gasteiger partial charge in [-0.15, -0.1) is 22.0 Å². The summed E-state index contributed by atoms with van der Waals surface area (Å²) in [6, 6.07) is 8.83. The number of nitrogens with zero attached hydrogens (tertiary/aromatic N) is 3. The number of hydrogen-bond donors (Lipinski definition) is 0. The monoisotopic (exact) mass is 515 g/mol. The van der Waals surface area contributed by atoms with Crippen LogP contribution in [0, 0.1) is 5.82 Å². The van der Waals surface area contributed by atoms with E-state index in [1.165, 1.54) is 37.4 Å². The summed E-state index contributed by atoms with van der Waals surface area (Å²) >= 11 is 7.27. The Labute approximate surface area is 201 Å². The standard InChI is InChI=1S/C22H18ClF4N3O3S/c1-3-33-17(31)10-16-20-28-29-21(22(25,26)27)30(20)14-8-7-11(23)9-13(14)19(34-16)12-5-4-6-15(32-2)18(12)24/h4-9,16,19H,3,10H2,1-2H3. The molecular weight excluding hydrogens is 498 g/mol. The van der Waals surface area contributed by atoms with Crippen molar-refractivity contribution in [2.45, 2.75) is 30.0 Å². The predicted molar refractivity (Wildman–Crippen MR) is 118 cm³/mol. The molecule has 180 valence electrons. The van der Waals surface area contributed by atoms with Crippen molar-refractivity contribution in [3.8, 4) is 11.4 Å². The van der Waals surface area contributed by atoms with Crippen LogP contribution >= 0.6 is 23.4 Å². The van der Waals surface area contributed by atoms with E-state index in [9.17, 15) is 18.0 Å². The SMILES string of the molecule is CCOC(=O)CC1SC(c2cccc(OC)c2F)c2cc(Cl)ccc2-n2c1nnc2C(F)(F)F. The van der Waals surface area contributed by atoms with E-state index in [0.717, 1.165) is 16.3 Å². The number of esters is 1. The molecular formula is C22H18ClF4N3O3S. The van der Waals surface area contributed by atoms with E-state index in [2.05, 4.69) is 10.2 Å². The van der Waals surface area contributed by atoms with Crippen LogP contribution in [0.25, 0.3) is 5.69 Å². The molecule has 34 heavy (non-hydrogen) atoms. The second-order valence-corrected chi connectivity index (χ2v) is 9.04. The molecule has 0 radical (unpaired) electrons. The minimum Gasteiger partial charge on any atom is -0.494 e. The van der Waals surface area contributed by atoms with Crippen molar-refractivity contribution in [2.75, 3.05) is 13.7 Å². The van der Waals surface area contributed by atoms with E-state index in [1.807, 2.05) is 0 Å². The number of methoxy groups -OCH3 is 1. The molecule has 0 saturated heterocycles. The van der Waals surface area contributed by atoms with Gasteiger partial charge in [-0.05, 0) is 36.8 Å². The lowest BCUT2D eigenvalue weighted by molar-refractivity contribution is -0.146. The number of halogens is 5. The van der Waals surface area contributed by atoms with Crippen LogP contribution in [0.3, 0.4) is 0 Å². The second kappa shape index (κ2) is 9.46. The van der Waals surface area contributed by atoms with Crippen molar-refractivity contribution >= 4 is 29.3 Å². The van der Waals surface area contributed by atoms with Gasteiger partial charge in [0, 0.05) is 10.6 Å². The molecule has 0 bridgehead atoms. The highest BCUT2D eigenvalue weighted by molar-refractivity contribution is 8.00. The summed E-state index contributed by atoms with van der Waals surface area (Å²) in [4.78, 5) is 12.3. The van der Waals surface area contributed by atoms with E-state index in [0.29, 0.717) is 5.56 Å². The topological polar surface area (TPSA) is 66.2 Å². The number of alkyl halides is 3. The molecule has 0 fully saturated rings. The van der Waals surface area contributed by atoms with Gasteiger partial charge in [0.15, 0.2) is 17.4 Å². The summed E-state index contributed by atoms with van der Waals surface area (Å²) in [5, 5.41) is 5.65. The fraction of sp³-hybridized carbons (Fsp3) is 0.318. The molecule has 0 N–H and O–H groups in total. The minimum atomic E-state index is -4.83. The zero-order chi connectivity index (χ0) is 24.6. The molecule has 0 amide bonds. The Kier molecular flexibility index (Phi) is 6.77. The van der Waals surface area contributed by atoms with Crippen LogP contribution < -0.4 is 4.74 Å². The van der Waals surface area contributed by atoms with Crippen LogP contribution in [0.5, 0.6) is 5.75 Å². The molecule has 2 unspecified atom stereocenters. The summed E-state index contributed by atoms with van der Waals surface area (Å²) in [5.74, 6) is -2.68. The fourth-order valence-electron chi connectivity index (χ4n) is 3.80. The molecule has 0 saturated carbocycles. The summed E-state index contributed by atoms with van der Waals surface area (Å²) in [6.45, 7) is 1.72. The number of thioether (sulfide) groups is 1. The smallest absolute Gasteiger partial charge is 0.452 e. The van der Waals surface area contributed by atoms with Gasteiger partial charge in [0.2, 0.25) is 5.82 Å². The Morgan fingerprint density at radius 3 is 2.65 bits per heavy atom. The first-order chi connectivity index (χ1) is 16.2. The molecule has 0 aliphatic carbocycles. The largest absolute Gasteiger partial charge is 0.494 e. The van der Waals surface area contributed by atoms with Crippen molar-refractivity contribution in [3.05, 3.63) is 70.0 Å². The maximum Gasteiger partial charge on any atom is 0.452 e. The third-order valence-corrected chi connectivity index (χ3v) is 6.92. The highest BCUT2D eigenvalue weighted by Gasteiger charge is 2.43. The average Bonchev–Trinajstić information content (AvgIpc) is 3.18. The molecule has 3 aromatic rings. The molecule has 2 aromatic carbocycles. The number of fused-ring (bicyclic) bond motifs is 3. The normalized spacial score (nSPS) is 17.5. The van der Waals surface area contributed by atoms with Gasteiger partial charge in [-0.1, -0.05) is 23.7 Å². The van der Waals surface area contributed by atoms with Gasteiger partial charge in [0.05, 0.1) is 36.3 Å². The molecule has 4 rings (SSSR count). The van der Waals surface area contributed by atoms with Gasteiger partial charge in [0.25, 0.3) is 0 Å². The lowest BCUT2D eigenvalue weighted by atomic mass is 10.0. The Balaban J connectivity index is 1.98. The van der Waals surface area contributed by atoms with E-state index in [1.54, 1.807) is 13.0 Å². The van der Waals surface area contributed by atoms with Gasteiger partial charge >= 0.3 is 12.1 Å². The first kappa shape index (κ1) is 24.3. The fourth-order valence-corrected chi connectivity index (χ4v) is 5.48. The highest BCUT2D eigenvalue weighted by Crippen LogP contribution is 2.52. The summed E-state index contributed by atoms with van der Waals surface area (Å²) in [5.41, 5.74) is 0.555. The molecule has 12 heteroatoms. The maximum absolute atomic E-state index is 15.3. The number of ether oxygens (including phenoxy) is 2. The first-order valence-corrected chi connectivity index (χ1v) is 11.4. The Bertz CT molecular complexity index is 1230. The van der Waals surface area contributed by atoms with Crippen LogP contribution in [0.15, 0.2) is 36.4 Å². The predicted octanol–water partition coefficient (Wildman–Crippen LogP) is 5.92. The molecule has 1 aliphatic heterocycles. The number of carbonyl (C=O) groups is 1. The van der Waals surface area contributed by atoms with Gasteiger partial charge in [-0.25, -0.2) is 4.39 Å². The van der Waals surface area contributed by atoms with E-state index in [4.69, 9.17) is 21.1 Å². The highest BCUT2D eigenvalue weighted by atomic mass is 35.5. The van der Waals surface area contributed by atoms with Crippen molar-refractivity contribution in [2.24, 2.45) is 0 Å². The Hall–Kier alpha value is -2.79. The zero-order valence-corrected chi connectivity index (χ0v) is 19.5. The number of benzene rings is 2. The van der Waals surface area contributed by atoms with Crippen molar-refractivity contribution in [1.29, 1.82) is 0 Å². The number of hydrogen-bond acceptors (Lipinski definition) is 6. The van der Waals surface area contributed by atoms with Gasteiger partial charge in [-0.3, -0.25) is 9.36 Å². The molecule has 2 heterocycles. The van der Waals surface area contributed by atoms with Crippen molar-refractivity contribution < 1.29 is 31.8 Å². The van der Waals surface area contributed by atoms with Crippen LogP contribution in [0.2, 0.25) is 5.02 Å².